The quantitative estimate of drug-likeness (QED) is 0.661. The lowest BCUT2D eigenvalue weighted by Gasteiger charge is -2.05. The third kappa shape index (κ3) is 3.31. The average molecular weight is 331 g/mol. The van der Waals surface area contributed by atoms with Crippen molar-refractivity contribution in [3.8, 4) is 0 Å². The molecular formula is C10H13N5O4S2. The molecule has 0 aliphatic rings. The number of anilines is 2. The first kappa shape index (κ1) is 15.3. The van der Waals surface area contributed by atoms with Gasteiger partial charge in [-0.2, -0.15) is 4.98 Å². The third-order valence-corrected chi connectivity index (χ3v) is 5.00. The van der Waals surface area contributed by atoms with Gasteiger partial charge in [0, 0.05) is 19.2 Å². The van der Waals surface area contributed by atoms with E-state index in [1.165, 1.54) is 6.33 Å². The van der Waals surface area contributed by atoms with Crippen molar-refractivity contribution in [3.63, 3.8) is 0 Å². The molecule has 2 heterocycles. The highest BCUT2D eigenvalue weighted by atomic mass is 32.2. The van der Waals surface area contributed by atoms with Gasteiger partial charge in [-0.05, 0) is 0 Å². The van der Waals surface area contributed by atoms with E-state index in [1.807, 2.05) is 0 Å². The molecule has 1 amide bonds. The summed E-state index contributed by atoms with van der Waals surface area (Å²) >= 11 is 0.902. The van der Waals surface area contributed by atoms with Crippen molar-refractivity contribution in [1.82, 2.24) is 10.1 Å². The summed E-state index contributed by atoms with van der Waals surface area (Å²) in [6, 6.07) is 0. The van der Waals surface area contributed by atoms with Crippen LogP contribution in [0.25, 0.3) is 0 Å². The van der Waals surface area contributed by atoms with Gasteiger partial charge in [-0.25, -0.2) is 8.42 Å². The summed E-state index contributed by atoms with van der Waals surface area (Å²) in [5, 5.41) is 6.62. The van der Waals surface area contributed by atoms with Crippen LogP contribution in [0.15, 0.2) is 15.7 Å². The number of primary amides is 1. The van der Waals surface area contributed by atoms with Crippen molar-refractivity contribution in [3.05, 3.63) is 17.1 Å². The van der Waals surface area contributed by atoms with Crippen LogP contribution in [0.2, 0.25) is 0 Å². The molecule has 0 saturated heterocycles. The lowest BCUT2D eigenvalue weighted by molar-refractivity contribution is 0.100. The summed E-state index contributed by atoms with van der Waals surface area (Å²) in [4.78, 5) is 15.0. The van der Waals surface area contributed by atoms with Crippen molar-refractivity contribution in [2.75, 3.05) is 23.9 Å². The number of nitrogen functional groups attached to an aromatic ring is 1. The summed E-state index contributed by atoms with van der Waals surface area (Å²) in [5.74, 6) is -0.365. The number of carbonyl (C=O) groups excluding carboxylic acids is 1. The standard InChI is InChI=1S/C10H13N5O4S2/c1-21(17,18)8-6(11)7(9(12)16)20-10(8)13-3-2-5-14-4-15-19-5/h4,13H,2-3,11H2,1H3,(H2,12,16). The van der Waals surface area contributed by atoms with E-state index in [2.05, 4.69) is 15.5 Å². The fraction of sp³-hybridized carbons (Fsp3) is 0.300. The summed E-state index contributed by atoms with van der Waals surface area (Å²) in [6.07, 6.45) is 2.68. The van der Waals surface area contributed by atoms with Crippen LogP contribution in [0, 0.1) is 0 Å². The molecular weight excluding hydrogens is 318 g/mol. The smallest absolute Gasteiger partial charge is 0.261 e. The van der Waals surface area contributed by atoms with Crippen molar-refractivity contribution in [2.45, 2.75) is 11.3 Å². The van der Waals surface area contributed by atoms with Crippen LogP contribution in [-0.4, -0.2) is 37.3 Å². The van der Waals surface area contributed by atoms with E-state index in [-0.39, 0.29) is 20.5 Å². The van der Waals surface area contributed by atoms with Gasteiger partial charge in [-0.3, -0.25) is 4.79 Å². The largest absolute Gasteiger partial charge is 0.396 e. The highest BCUT2D eigenvalue weighted by Crippen LogP contribution is 2.38. The van der Waals surface area contributed by atoms with Crippen LogP contribution in [-0.2, 0) is 16.3 Å². The number of hydrogen-bond acceptors (Lipinski definition) is 9. The maximum Gasteiger partial charge on any atom is 0.261 e. The molecule has 2 rings (SSSR count). The first-order chi connectivity index (χ1) is 9.80. The van der Waals surface area contributed by atoms with Crippen LogP contribution in [0.1, 0.15) is 15.6 Å². The van der Waals surface area contributed by atoms with Crippen LogP contribution >= 0.6 is 11.3 Å². The molecule has 0 unspecified atom stereocenters. The molecule has 0 radical (unpaired) electrons. The lowest BCUT2D eigenvalue weighted by atomic mass is 10.3. The number of thiophene rings is 1. The molecule has 5 N–H and O–H groups in total. The van der Waals surface area contributed by atoms with Gasteiger partial charge in [0.2, 0.25) is 5.89 Å². The van der Waals surface area contributed by atoms with E-state index in [9.17, 15) is 13.2 Å². The SMILES string of the molecule is CS(=O)(=O)c1c(NCCc2ncno2)sc(C(N)=O)c1N. The van der Waals surface area contributed by atoms with Crippen LogP contribution < -0.4 is 16.8 Å². The van der Waals surface area contributed by atoms with Gasteiger partial charge in [0.1, 0.15) is 14.8 Å². The Hall–Kier alpha value is -2.14. The number of hydrogen-bond donors (Lipinski definition) is 3. The number of rotatable bonds is 6. The Morgan fingerprint density at radius 3 is 2.76 bits per heavy atom. The minimum atomic E-state index is -3.60. The van der Waals surface area contributed by atoms with Crippen molar-refractivity contribution >= 4 is 37.8 Å². The Morgan fingerprint density at radius 2 is 2.24 bits per heavy atom. The Bertz CT molecular complexity index is 751. The minimum absolute atomic E-state index is 0.00992. The Balaban J connectivity index is 2.25. The molecule has 2 aromatic rings. The Kier molecular flexibility index (Phi) is 4.14. The zero-order chi connectivity index (χ0) is 15.6. The molecule has 0 bridgehead atoms. The molecule has 0 aromatic carbocycles. The number of aromatic nitrogens is 2. The number of carbonyl (C=O) groups is 1. The van der Waals surface area contributed by atoms with Gasteiger partial charge in [0.05, 0.1) is 5.69 Å². The molecule has 0 aliphatic carbocycles. The molecule has 0 atom stereocenters. The molecule has 114 valence electrons. The zero-order valence-electron chi connectivity index (χ0n) is 11.0. The monoisotopic (exact) mass is 331 g/mol. The van der Waals surface area contributed by atoms with Crippen molar-refractivity contribution < 1.29 is 17.7 Å². The summed E-state index contributed by atoms with van der Waals surface area (Å²) in [7, 11) is -3.60. The topological polar surface area (TPSA) is 154 Å². The van der Waals surface area contributed by atoms with Crippen LogP contribution in [0.5, 0.6) is 0 Å². The maximum atomic E-state index is 11.8. The molecule has 0 spiro atoms. The van der Waals surface area contributed by atoms with Gasteiger partial charge in [-0.1, -0.05) is 5.16 Å². The second-order valence-corrected chi connectivity index (χ2v) is 7.12. The molecule has 2 aromatic heterocycles. The van der Waals surface area contributed by atoms with E-state index in [1.54, 1.807) is 0 Å². The predicted molar refractivity (Wildman–Crippen MR) is 76.9 cm³/mol. The van der Waals surface area contributed by atoms with Crippen LogP contribution in [0.4, 0.5) is 10.7 Å². The minimum Gasteiger partial charge on any atom is -0.396 e. The third-order valence-electron chi connectivity index (χ3n) is 2.53. The highest BCUT2D eigenvalue weighted by molar-refractivity contribution is 7.91. The molecule has 0 saturated carbocycles. The highest BCUT2D eigenvalue weighted by Gasteiger charge is 2.26. The molecule has 9 nitrogen and oxygen atoms in total. The maximum absolute atomic E-state index is 11.8. The van der Waals surface area contributed by atoms with Gasteiger partial charge < -0.3 is 21.3 Å². The Morgan fingerprint density at radius 1 is 1.52 bits per heavy atom. The van der Waals surface area contributed by atoms with E-state index in [0.29, 0.717) is 18.9 Å². The van der Waals surface area contributed by atoms with Gasteiger partial charge in [0.25, 0.3) is 5.91 Å². The first-order valence-corrected chi connectivity index (χ1v) is 8.43. The van der Waals surface area contributed by atoms with Crippen molar-refractivity contribution in [2.24, 2.45) is 5.73 Å². The van der Waals surface area contributed by atoms with E-state index in [4.69, 9.17) is 16.0 Å². The summed E-state index contributed by atoms with van der Waals surface area (Å²) in [5.41, 5.74) is 10.8. The first-order valence-electron chi connectivity index (χ1n) is 5.72. The number of nitrogens with one attached hydrogen (secondary N) is 1. The molecule has 21 heavy (non-hydrogen) atoms. The van der Waals surface area contributed by atoms with E-state index in [0.717, 1.165) is 17.6 Å². The van der Waals surface area contributed by atoms with Crippen LogP contribution in [0.3, 0.4) is 0 Å². The molecule has 0 aliphatic heterocycles. The summed E-state index contributed by atoms with van der Waals surface area (Å²) < 4.78 is 28.4. The molecule has 0 fully saturated rings. The fourth-order valence-electron chi connectivity index (χ4n) is 1.69. The van der Waals surface area contributed by atoms with E-state index < -0.39 is 15.7 Å². The van der Waals surface area contributed by atoms with Crippen molar-refractivity contribution in [1.29, 1.82) is 0 Å². The van der Waals surface area contributed by atoms with Gasteiger partial charge in [-0.15, -0.1) is 11.3 Å². The predicted octanol–water partition coefficient (Wildman–Crippen LogP) is -0.130. The fourth-order valence-corrected chi connectivity index (χ4v) is 4.13. The average Bonchev–Trinajstić information content (AvgIpc) is 2.96. The normalized spacial score (nSPS) is 11.5. The van der Waals surface area contributed by atoms with Gasteiger partial charge >= 0.3 is 0 Å². The number of nitrogens with zero attached hydrogens (tertiary/aromatic N) is 2. The number of nitrogens with two attached hydrogens (primary N) is 2. The summed E-state index contributed by atoms with van der Waals surface area (Å²) in [6.45, 7) is 0.336. The number of amides is 1. The number of sulfone groups is 1. The second-order valence-electron chi connectivity index (χ2n) is 4.15. The Labute approximate surface area is 124 Å². The molecule has 11 heteroatoms. The lowest BCUT2D eigenvalue weighted by Crippen LogP contribution is -2.12. The second kappa shape index (κ2) is 5.69. The van der Waals surface area contributed by atoms with Gasteiger partial charge in [0.15, 0.2) is 16.2 Å². The zero-order valence-corrected chi connectivity index (χ0v) is 12.6. The van der Waals surface area contributed by atoms with E-state index >= 15 is 0 Å².